The van der Waals surface area contributed by atoms with Gasteiger partial charge in [0.1, 0.15) is 0 Å². The second kappa shape index (κ2) is 4.67. The third-order valence-electron chi connectivity index (χ3n) is 4.15. The molecule has 3 heteroatoms. The molecular formula is C13H22BrNO. The highest BCUT2D eigenvalue weighted by molar-refractivity contribution is 9.09. The van der Waals surface area contributed by atoms with Crippen LogP contribution >= 0.6 is 15.9 Å². The Kier molecular flexibility index (Phi) is 3.62. The minimum Gasteiger partial charge on any atom is -0.339 e. The highest BCUT2D eigenvalue weighted by Gasteiger charge is 2.52. The Hall–Kier alpha value is -0.0500. The summed E-state index contributed by atoms with van der Waals surface area (Å²) < 4.78 is 0. The third kappa shape index (κ3) is 2.44. The van der Waals surface area contributed by atoms with Crippen LogP contribution in [-0.2, 0) is 4.79 Å². The van der Waals surface area contributed by atoms with Gasteiger partial charge in [-0.3, -0.25) is 4.79 Å². The monoisotopic (exact) mass is 287 g/mol. The Labute approximate surface area is 107 Å². The molecule has 0 radical (unpaired) electrons. The number of nitrogens with zero attached hydrogens (tertiary/aromatic N) is 1. The third-order valence-corrected chi connectivity index (χ3v) is 4.90. The molecule has 1 saturated carbocycles. The largest absolute Gasteiger partial charge is 0.339 e. The number of hydrogen-bond acceptors (Lipinski definition) is 1. The van der Waals surface area contributed by atoms with E-state index in [-0.39, 0.29) is 5.41 Å². The molecule has 2 aliphatic rings. The van der Waals surface area contributed by atoms with Crippen molar-refractivity contribution in [2.75, 3.05) is 11.9 Å². The summed E-state index contributed by atoms with van der Waals surface area (Å²) in [6, 6.07) is 0.436. The Bertz CT molecular complexity index is 277. The first kappa shape index (κ1) is 12.4. The molecule has 2 nitrogen and oxygen atoms in total. The highest BCUT2D eigenvalue weighted by Crippen LogP contribution is 2.52. The summed E-state index contributed by atoms with van der Waals surface area (Å²) in [5.41, 5.74) is 0.264. The molecular weight excluding hydrogens is 266 g/mol. The van der Waals surface area contributed by atoms with E-state index >= 15 is 0 Å². The van der Waals surface area contributed by atoms with Gasteiger partial charge in [0.2, 0.25) is 5.91 Å². The zero-order valence-corrected chi connectivity index (χ0v) is 11.9. The molecule has 1 saturated heterocycles. The molecule has 1 amide bonds. The SMILES string of the molecule is CC1(C)CC1C(=O)N1CCCCCC1CBr. The van der Waals surface area contributed by atoms with Crippen LogP contribution in [0, 0.1) is 11.3 Å². The molecule has 0 spiro atoms. The van der Waals surface area contributed by atoms with Crippen LogP contribution in [0.1, 0.15) is 46.0 Å². The van der Waals surface area contributed by atoms with Gasteiger partial charge in [0.05, 0.1) is 0 Å². The Morgan fingerprint density at radius 1 is 1.38 bits per heavy atom. The maximum absolute atomic E-state index is 12.4. The summed E-state index contributed by atoms with van der Waals surface area (Å²) in [5.74, 6) is 0.712. The normalized spacial score (nSPS) is 33.3. The van der Waals surface area contributed by atoms with E-state index < -0.39 is 0 Å². The fourth-order valence-corrected chi connectivity index (χ4v) is 3.39. The van der Waals surface area contributed by atoms with Crippen molar-refractivity contribution >= 4 is 21.8 Å². The molecule has 1 aliphatic carbocycles. The summed E-state index contributed by atoms with van der Waals surface area (Å²) in [7, 11) is 0. The van der Waals surface area contributed by atoms with Crippen molar-refractivity contribution in [3.8, 4) is 0 Å². The predicted octanol–water partition coefficient (Wildman–Crippen LogP) is 3.20. The van der Waals surface area contributed by atoms with Gasteiger partial charge >= 0.3 is 0 Å². The molecule has 16 heavy (non-hydrogen) atoms. The van der Waals surface area contributed by atoms with Crippen LogP contribution in [0.5, 0.6) is 0 Å². The van der Waals surface area contributed by atoms with Crippen LogP contribution in [0.15, 0.2) is 0 Å². The Morgan fingerprint density at radius 2 is 2.06 bits per heavy atom. The maximum Gasteiger partial charge on any atom is 0.226 e. The van der Waals surface area contributed by atoms with Crippen LogP contribution in [0.3, 0.4) is 0 Å². The molecule has 92 valence electrons. The number of rotatable bonds is 2. The lowest BCUT2D eigenvalue weighted by Crippen LogP contribution is -2.42. The van der Waals surface area contributed by atoms with E-state index in [1.165, 1.54) is 25.7 Å². The summed E-state index contributed by atoms with van der Waals surface area (Å²) in [6.07, 6.45) is 5.99. The van der Waals surface area contributed by atoms with Crippen molar-refractivity contribution in [3.05, 3.63) is 0 Å². The van der Waals surface area contributed by atoms with Crippen molar-refractivity contribution in [2.24, 2.45) is 11.3 Å². The van der Waals surface area contributed by atoms with Gasteiger partial charge in [-0.05, 0) is 24.7 Å². The number of amides is 1. The number of hydrogen-bond donors (Lipinski definition) is 0. The van der Waals surface area contributed by atoms with Gasteiger partial charge < -0.3 is 4.90 Å². The zero-order chi connectivity index (χ0) is 11.8. The molecule has 0 aromatic rings. The number of halogens is 1. The predicted molar refractivity (Wildman–Crippen MR) is 69.7 cm³/mol. The van der Waals surface area contributed by atoms with Crippen molar-refractivity contribution in [3.63, 3.8) is 0 Å². The molecule has 2 atom stereocenters. The molecule has 0 aromatic heterocycles. The minimum absolute atomic E-state index is 0.264. The van der Waals surface area contributed by atoms with Crippen LogP contribution in [0.4, 0.5) is 0 Å². The standard InChI is InChI=1S/C13H22BrNO/c1-13(2)8-11(13)12(16)15-7-5-3-4-6-10(15)9-14/h10-11H,3-9H2,1-2H3. The quantitative estimate of drug-likeness (QED) is 0.715. The fraction of sp³-hybridized carbons (Fsp3) is 0.923. The molecule has 1 heterocycles. The summed E-state index contributed by atoms with van der Waals surface area (Å²) >= 11 is 3.56. The highest BCUT2D eigenvalue weighted by atomic mass is 79.9. The van der Waals surface area contributed by atoms with Gasteiger partial charge in [-0.1, -0.05) is 42.6 Å². The molecule has 0 bridgehead atoms. The van der Waals surface area contributed by atoms with E-state index in [0.717, 1.165) is 18.3 Å². The number of carbonyl (C=O) groups excluding carboxylic acids is 1. The number of carbonyl (C=O) groups is 1. The van der Waals surface area contributed by atoms with E-state index in [1.54, 1.807) is 0 Å². The topological polar surface area (TPSA) is 20.3 Å². The second-order valence-corrected chi connectivity index (χ2v) is 6.58. The van der Waals surface area contributed by atoms with Gasteiger partial charge in [0.25, 0.3) is 0 Å². The lowest BCUT2D eigenvalue weighted by Gasteiger charge is -2.29. The average molecular weight is 288 g/mol. The van der Waals surface area contributed by atoms with E-state index in [2.05, 4.69) is 34.7 Å². The molecule has 2 unspecified atom stereocenters. The van der Waals surface area contributed by atoms with E-state index in [4.69, 9.17) is 0 Å². The van der Waals surface area contributed by atoms with Crippen molar-refractivity contribution in [1.82, 2.24) is 4.90 Å². The summed E-state index contributed by atoms with van der Waals surface area (Å²) in [5, 5.41) is 0.936. The summed E-state index contributed by atoms with van der Waals surface area (Å²) in [4.78, 5) is 14.6. The van der Waals surface area contributed by atoms with Crippen molar-refractivity contribution in [2.45, 2.75) is 52.0 Å². The van der Waals surface area contributed by atoms with Gasteiger partial charge in [-0.15, -0.1) is 0 Å². The van der Waals surface area contributed by atoms with E-state index in [0.29, 0.717) is 17.9 Å². The van der Waals surface area contributed by atoms with Crippen molar-refractivity contribution in [1.29, 1.82) is 0 Å². The van der Waals surface area contributed by atoms with Crippen LogP contribution in [0.25, 0.3) is 0 Å². The van der Waals surface area contributed by atoms with Crippen molar-refractivity contribution < 1.29 is 4.79 Å². The van der Waals surface area contributed by atoms with Gasteiger partial charge in [-0.25, -0.2) is 0 Å². The minimum atomic E-state index is 0.264. The first-order valence-electron chi connectivity index (χ1n) is 6.43. The lowest BCUT2D eigenvalue weighted by atomic mass is 10.1. The first-order valence-corrected chi connectivity index (χ1v) is 7.55. The molecule has 2 fully saturated rings. The van der Waals surface area contributed by atoms with Gasteiger partial charge in [-0.2, -0.15) is 0 Å². The Balaban J connectivity index is 2.02. The Morgan fingerprint density at radius 3 is 2.62 bits per heavy atom. The van der Waals surface area contributed by atoms with E-state index in [1.807, 2.05) is 0 Å². The smallest absolute Gasteiger partial charge is 0.226 e. The maximum atomic E-state index is 12.4. The lowest BCUT2D eigenvalue weighted by molar-refractivity contribution is -0.135. The molecule has 0 aromatic carbocycles. The average Bonchev–Trinajstić information content (AvgIpc) is 2.94. The first-order chi connectivity index (χ1) is 7.56. The molecule has 2 rings (SSSR count). The fourth-order valence-electron chi connectivity index (χ4n) is 2.72. The second-order valence-electron chi connectivity index (χ2n) is 5.93. The number of likely N-dealkylation sites (tertiary alicyclic amines) is 1. The van der Waals surface area contributed by atoms with E-state index in [9.17, 15) is 4.79 Å². The zero-order valence-electron chi connectivity index (χ0n) is 10.3. The van der Waals surface area contributed by atoms with Crippen LogP contribution < -0.4 is 0 Å². The van der Waals surface area contributed by atoms with Crippen LogP contribution in [-0.4, -0.2) is 28.7 Å². The summed E-state index contributed by atoms with van der Waals surface area (Å²) in [6.45, 7) is 5.38. The molecule has 0 N–H and O–H groups in total. The molecule has 1 aliphatic heterocycles. The number of alkyl halides is 1. The van der Waals surface area contributed by atoms with Gasteiger partial charge in [0, 0.05) is 23.8 Å². The van der Waals surface area contributed by atoms with Gasteiger partial charge in [0.15, 0.2) is 0 Å². The van der Waals surface area contributed by atoms with Crippen LogP contribution in [0.2, 0.25) is 0 Å².